The number of ether oxygens (including phenoxy) is 2. The molecule has 1 heterocycles. The Morgan fingerprint density at radius 1 is 1.04 bits per heavy atom. The summed E-state index contributed by atoms with van der Waals surface area (Å²) in [6, 6.07) is 18.9. The molecule has 2 aromatic rings. The zero-order valence-corrected chi connectivity index (χ0v) is 16.4. The van der Waals surface area contributed by atoms with Gasteiger partial charge in [-0.3, -0.25) is 0 Å². The largest absolute Gasteiger partial charge is 0.497 e. The van der Waals surface area contributed by atoms with Crippen LogP contribution in [0.25, 0.3) is 0 Å². The lowest BCUT2D eigenvalue weighted by Crippen LogP contribution is -2.51. The summed E-state index contributed by atoms with van der Waals surface area (Å²) in [6.07, 6.45) is 2.15. The van der Waals surface area contributed by atoms with Gasteiger partial charge in [0.05, 0.1) is 7.11 Å². The van der Waals surface area contributed by atoms with Gasteiger partial charge in [0.1, 0.15) is 17.1 Å². The molecule has 0 radical (unpaired) electrons. The molecule has 0 amide bonds. The third-order valence-corrected chi connectivity index (χ3v) is 5.94. The number of hydrogen-bond donors (Lipinski definition) is 0. The van der Waals surface area contributed by atoms with E-state index in [1.165, 1.54) is 12.0 Å². The molecule has 0 bridgehead atoms. The van der Waals surface area contributed by atoms with Crippen LogP contribution in [0.4, 0.5) is 0 Å². The van der Waals surface area contributed by atoms with Gasteiger partial charge < -0.3 is 14.4 Å². The van der Waals surface area contributed by atoms with E-state index in [4.69, 9.17) is 9.47 Å². The van der Waals surface area contributed by atoms with Crippen molar-refractivity contribution in [1.29, 1.82) is 0 Å². The first-order chi connectivity index (χ1) is 12.6. The monoisotopic (exact) mass is 353 g/mol. The molecule has 0 N–H and O–H groups in total. The Morgan fingerprint density at radius 3 is 2.31 bits per heavy atom. The van der Waals surface area contributed by atoms with E-state index >= 15 is 0 Å². The Morgan fingerprint density at radius 2 is 1.69 bits per heavy atom. The maximum atomic E-state index is 6.61. The Balaban J connectivity index is 1.88. The Kier molecular flexibility index (Phi) is 5.87. The molecule has 0 spiro atoms. The third kappa shape index (κ3) is 4.04. The number of likely N-dealkylation sites (tertiary alicyclic amines) is 1. The molecule has 3 unspecified atom stereocenters. The Labute approximate surface area is 157 Å². The van der Waals surface area contributed by atoms with Crippen molar-refractivity contribution < 1.29 is 9.47 Å². The third-order valence-electron chi connectivity index (χ3n) is 5.94. The molecule has 3 atom stereocenters. The van der Waals surface area contributed by atoms with Gasteiger partial charge in [-0.2, -0.15) is 0 Å². The van der Waals surface area contributed by atoms with Crippen molar-refractivity contribution in [3.8, 4) is 11.5 Å². The molecule has 1 fully saturated rings. The minimum absolute atomic E-state index is 0.218. The van der Waals surface area contributed by atoms with Crippen LogP contribution >= 0.6 is 0 Å². The van der Waals surface area contributed by atoms with Crippen LogP contribution in [0.1, 0.15) is 38.2 Å². The van der Waals surface area contributed by atoms with E-state index in [9.17, 15) is 0 Å². The van der Waals surface area contributed by atoms with Crippen molar-refractivity contribution in [1.82, 2.24) is 4.90 Å². The summed E-state index contributed by atoms with van der Waals surface area (Å²) in [4.78, 5) is 2.44. The summed E-state index contributed by atoms with van der Waals surface area (Å²) in [5, 5.41) is 0. The molecule has 140 valence electrons. The van der Waals surface area contributed by atoms with Gasteiger partial charge >= 0.3 is 0 Å². The van der Waals surface area contributed by atoms with Crippen LogP contribution in [0.15, 0.2) is 54.6 Å². The predicted octanol–water partition coefficient (Wildman–Crippen LogP) is 4.98. The standard InChI is InChI=1S/C23H31NO2/c1-5-23(2,26-20-13-11-19(25-4)12-14-20)22-17-24(3)16-15-21(22)18-9-7-6-8-10-18/h6-14,21-22H,5,15-17H2,1-4H3. The Hall–Kier alpha value is -2.00. The summed E-state index contributed by atoms with van der Waals surface area (Å²) in [6.45, 7) is 6.70. The van der Waals surface area contributed by atoms with Gasteiger partial charge in [0.15, 0.2) is 0 Å². The van der Waals surface area contributed by atoms with E-state index in [1.54, 1.807) is 7.11 Å². The SMILES string of the molecule is CCC(C)(Oc1ccc(OC)cc1)C1CN(C)CCC1c1ccccc1. The molecular formula is C23H31NO2. The Bertz CT molecular complexity index is 685. The number of piperidine rings is 1. The van der Waals surface area contributed by atoms with Crippen LogP contribution in [-0.4, -0.2) is 37.7 Å². The maximum Gasteiger partial charge on any atom is 0.120 e. The quantitative estimate of drug-likeness (QED) is 0.731. The van der Waals surface area contributed by atoms with Crippen LogP contribution in [0, 0.1) is 5.92 Å². The van der Waals surface area contributed by atoms with Crippen LogP contribution in [0.5, 0.6) is 11.5 Å². The molecule has 0 aliphatic carbocycles. The molecule has 3 heteroatoms. The summed E-state index contributed by atoms with van der Waals surface area (Å²) >= 11 is 0. The van der Waals surface area contributed by atoms with Crippen LogP contribution < -0.4 is 9.47 Å². The lowest BCUT2D eigenvalue weighted by Gasteiger charge is -2.47. The highest BCUT2D eigenvalue weighted by Gasteiger charge is 2.43. The van der Waals surface area contributed by atoms with Gasteiger partial charge in [0.2, 0.25) is 0 Å². The molecule has 0 saturated carbocycles. The number of hydrogen-bond acceptors (Lipinski definition) is 3. The molecule has 1 aliphatic rings. The van der Waals surface area contributed by atoms with Crippen LogP contribution in [0.2, 0.25) is 0 Å². The van der Waals surface area contributed by atoms with Gasteiger partial charge in [-0.1, -0.05) is 37.3 Å². The molecule has 3 nitrogen and oxygen atoms in total. The molecule has 1 saturated heterocycles. The smallest absolute Gasteiger partial charge is 0.120 e. The minimum Gasteiger partial charge on any atom is -0.497 e. The number of rotatable bonds is 6. The van der Waals surface area contributed by atoms with Gasteiger partial charge in [-0.05, 0) is 69.1 Å². The fraction of sp³-hybridized carbons (Fsp3) is 0.478. The number of methoxy groups -OCH3 is 1. The maximum absolute atomic E-state index is 6.61. The highest BCUT2D eigenvalue weighted by atomic mass is 16.5. The van der Waals surface area contributed by atoms with Crippen molar-refractivity contribution in [3.63, 3.8) is 0 Å². The molecule has 0 aromatic heterocycles. The van der Waals surface area contributed by atoms with E-state index in [2.05, 4.69) is 56.1 Å². The van der Waals surface area contributed by atoms with Gasteiger partial charge in [0.25, 0.3) is 0 Å². The zero-order chi connectivity index (χ0) is 18.6. The number of benzene rings is 2. The van der Waals surface area contributed by atoms with E-state index < -0.39 is 0 Å². The summed E-state index contributed by atoms with van der Waals surface area (Å²) in [5.74, 6) is 2.73. The minimum atomic E-state index is -0.218. The summed E-state index contributed by atoms with van der Waals surface area (Å²) in [5.41, 5.74) is 1.22. The molecular weight excluding hydrogens is 322 g/mol. The zero-order valence-electron chi connectivity index (χ0n) is 16.4. The normalized spacial score (nSPS) is 23.2. The number of nitrogens with zero attached hydrogens (tertiary/aromatic N) is 1. The van der Waals surface area contributed by atoms with E-state index in [1.807, 2.05) is 24.3 Å². The first-order valence-electron chi connectivity index (χ1n) is 9.62. The van der Waals surface area contributed by atoms with E-state index in [0.717, 1.165) is 31.0 Å². The van der Waals surface area contributed by atoms with Crippen molar-refractivity contribution in [3.05, 3.63) is 60.2 Å². The highest BCUT2D eigenvalue weighted by molar-refractivity contribution is 5.32. The molecule has 1 aliphatic heterocycles. The average Bonchev–Trinajstić information content (AvgIpc) is 2.69. The summed E-state index contributed by atoms with van der Waals surface area (Å²) in [7, 11) is 3.91. The molecule has 26 heavy (non-hydrogen) atoms. The van der Waals surface area contributed by atoms with Gasteiger partial charge in [0, 0.05) is 12.5 Å². The second-order valence-corrected chi connectivity index (χ2v) is 7.62. The molecule has 2 aromatic carbocycles. The van der Waals surface area contributed by atoms with Crippen LogP contribution in [-0.2, 0) is 0 Å². The van der Waals surface area contributed by atoms with Gasteiger partial charge in [-0.25, -0.2) is 0 Å². The lowest BCUT2D eigenvalue weighted by atomic mass is 9.71. The topological polar surface area (TPSA) is 21.7 Å². The molecule has 3 rings (SSSR count). The van der Waals surface area contributed by atoms with E-state index in [-0.39, 0.29) is 5.60 Å². The van der Waals surface area contributed by atoms with Crippen molar-refractivity contribution in [2.75, 3.05) is 27.2 Å². The van der Waals surface area contributed by atoms with Crippen LogP contribution in [0.3, 0.4) is 0 Å². The lowest BCUT2D eigenvalue weighted by molar-refractivity contribution is -0.0213. The van der Waals surface area contributed by atoms with Gasteiger partial charge in [-0.15, -0.1) is 0 Å². The summed E-state index contributed by atoms with van der Waals surface area (Å²) < 4.78 is 11.9. The fourth-order valence-corrected chi connectivity index (χ4v) is 4.16. The van der Waals surface area contributed by atoms with Crippen molar-refractivity contribution >= 4 is 0 Å². The second kappa shape index (κ2) is 8.13. The second-order valence-electron chi connectivity index (χ2n) is 7.62. The first kappa shape index (κ1) is 18.8. The van der Waals surface area contributed by atoms with Crippen molar-refractivity contribution in [2.24, 2.45) is 5.92 Å². The predicted molar refractivity (Wildman–Crippen MR) is 107 cm³/mol. The fourth-order valence-electron chi connectivity index (χ4n) is 4.16. The highest BCUT2D eigenvalue weighted by Crippen LogP contribution is 2.42. The first-order valence-corrected chi connectivity index (χ1v) is 9.62. The van der Waals surface area contributed by atoms with E-state index in [0.29, 0.717) is 11.8 Å². The average molecular weight is 354 g/mol. The van der Waals surface area contributed by atoms with Crippen molar-refractivity contribution in [2.45, 2.75) is 38.2 Å².